The maximum absolute atomic E-state index is 13.2. The molecule has 0 radical (unpaired) electrons. The van der Waals surface area contributed by atoms with Gasteiger partial charge in [-0.1, -0.05) is 36.2 Å². The summed E-state index contributed by atoms with van der Waals surface area (Å²) in [5.41, 5.74) is 1.39. The van der Waals surface area contributed by atoms with Crippen LogP contribution in [0.25, 0.3) is 0 Å². The molecular weight excluding hydrogens is 424 g/mol. The predicted molar refractivity (Wildman–Crippen MR) is 119 cm³/mol. The highest BCUT2D eigenvalue weighted by Gasteiger charge is 2.42. The number of nitrogens with zero attached hydrogens (tertiary/aromatic N) is 1. The Kier molecular flexibility index (Phi) is 7.36. The molecule has 30 heavy (non-hydrogen) atoms. The van der Waals surface area contributed by atoms with E-state index in [2.05, 4.69) is 5.32 Å². The lowest BCUT2D eigenvalue weighted by Crippen LogP contribution is -2.52. The van der Waals surface area contributed by atoms with Crippen LogP contribution in [0.5, 0.6) is 0 Å². The van der Waals surface area contributed by atoms with Gasteiger partial charge in [0.2, 0.25) is 0 Å². The average molecular weight is 451 g/mol. The van der Waals surface area contributed by atoms with Gasteiger partial charge in [-0.15, -0.1) is 0 Å². The first-order valence-corrected chi connectivity index (χ1v) is 11.0. The predicted octanol–water partition coefficient (Wildman–Crippen LogP) is 5.27. The topological polar surface area (TPSA) is 67.9 Å². The summed E-state index contributed by atoms with van der Waals surface area (Å²) in [6.07, 6.45) is 3.79. The summed E-state index contributed by atoms with van der Waals surface area (Å²) < 4.78 is 11.2. The van der Waals surface area contributed by atoms with Crippen molar-refractivity contribution in [2.45, 2.75) is 71.1 Å². The summed E-state index contributed by atoms with van der Waals surface area (Å²) in [6.45, 7) is 5.28. The van der Waals surface area contributed by atoms with Gasteiger partial charge in [0.1, 0.15) is 12.1 Å². The van der Waals surface area contributed by atoms with Gasteiger partial charge in [-0.25, -0.2) is 14.5 Å². The zero-order valence-electron chi connectivity index (χ0n) is 17.4. The number of carbonyl (C=O) groups is 2. The van der Waals surface area contributed by atoms with Gasteiger partial charge in [-0.3, -0.25) is 0 Å². The molecule has 1 aliphatic heterocycles. The third kappa shape index (κ3) is 4.95. The minimum absolute atomic E-state index is 0.154. The summed E-state index contributed by atoms with van der Waals surface area (Å²) in [5.74, 6) is -0.530. The molecule has 8 heteroatoms. The minimum Gasteiger partial charge on any atom is -0.459 e. The van der Waals surface area contributed by atoms with E-state index in [0.29, 0.717) is 16.3 Å². The Morgan fingerprint density at radius 2 is 1.87 bits per heavy atom. The highest BCUT2D eigenvalue weighted by atomic mass is 35.5. The number of hydrogen-bond donors (Lipinski definition) is 1. The van der Waals surface area contributed by atoms with Gasteiger partial charge in [-0.05, 0) is 70.3 Å². The second-order valence-electron chi connectivity index (χ2n) is 7.86. The minimum atomic E-state index is -0.838. The molecule has 0 bridgehead atoms. The number of hydrogen-bond acceptors (Lipinski definition) is 5. The number of nitrogens with one attached hydrogen (secondary N) is 1. The van der Waals surface area contributed by atoms with Crippen molar-refractivity contribution in [2.24, 2.45) is 0 Å². The van der Waals surface area contributed by atoms with Crippen LogP contribution in [0.1, 0.15) is 64.5 Å². The molecule has 1 atom stereocenters. The number of ether oxygens (including phenoxy) is 2. The monoisotopic (exact) mass is 450 g/mol. The molecular formula is C22H27ClN2O4S. The van der Waals surface area contributed by atoms with Crippen LogP contribution in [-0.2, 0) is 14.3 Å². The smallest absolute Gasteiger partial charge is 0.417 e. The number of amides is 1. The van der Waals surface area contributed by atoms with Gasteiger partial charge in [0.25, 0.3) is 0 Å². The molecule has 0 saturated heterocycles. The number of halogens is 1. The molecule has 1 heterocycles. The third-order valence-corrected chi connectivity index (χ3v) is 5.87. The Morgan fingerprint density at radius 1 is 1.20 bits per heavy atom. The molecule has 0 aromatic heterocycles. The van der Waals surface area contributed by atoms with Crippen LogP contribution in [0.15, 0.2) is 35.5 Å². The van der Waals surface area contributed by atoms with Crippen molar-refractivity contribution in [3.05, 3.63) is 46.1 Å². The fourth-order valence-electron chi connectivity index (χ4n) is 3.84. The van der Waals surface area contributed by atoms with E-state index in [0.717, 1.165) is 32.1 Å². The van der Waals surface area contributed by atoms with Crippen LogP contribution in [0.2, 0.25) is 5.02 Å². The number of rotatable bonds is 4. The number of allylic oxidation sites excluding steroid dienone is 1. The Morgan fingerprint density at radius 3 is 2.50 bits per heavy atom. The van der Waals surface area contributed by atoms with E-state index in [-0.39, 0.29) is 22.9 Å². The number of benzene rings is 1. The Bertz CT molecular complexity index is 864. The van der Waals surface area contributed by atoms with Crippen LogP contribution >= 0.6 is 23.8 Å². The van der Waals surface area contributed by atoms with Crippen LogP contribution in [-0.4, -0.2) is 34.3 Å². The normalized spacial score (nSPS) is 20.2. The first-order valence-electron chi connectivity index (χ1n) is 10.3. The second kappa shape index (κ2) is 9.79. The SMILES string of the molecule is CC1=C(C(=O)OC(C)C)C(c2ccccc2Cl)N(C(=O)OC2CCCCC2)C(=S)N1. The summed E-state index contributed by atoms with van der Waals surface area (Å²) in [4.78, 5) is 27.5. The molecule has 2 aliphatic rings. The van der Waals surface area contributed by atoms with Crippen LogP contribution in [0.4, 0.5) is 4.79 Å². The van der Waals surface area contributed by atoms with E-state index in [4.69, 9.17) is 33.3 Å². The maximum Gasteiger partial charge on any atom is 0.417 e. The van der Waals surface area contributed by atoms with Gasteiger partial charge >= 0.3 is 12.1 Å². The van der Waals surface area contributed by atoms with Crippen molar-refractivity contribution in [2.75, 3.05) is 0 Å². The van der Waals surface area contributed by atoms with Gasteiger partial charge in [0.15, 0.2) is 5.11 Å². The van der Waals surface area contributed by atoms with E-state index < -0.39 is 18.1 Å². The molecule has 1 aliphatic carbocycles. The molecule has 1 saturated carbocycles. The summed E-state index contributed by atoms with van der Waals surface area (Å²) >= 11 is 12.0. The number of thiocarbonyl (C=S) groups is 1. The molecule has 0 spiro atoms. The average Bonchev–Trinajstić information content (AvgIpc) is 2.67. The van der Waals surface area contributed by atoms with Gasteiger partial charge in [-0.2, -0.15) is 0 Å². The lowest BCUT2D eigenvalue weighted by molar-refractivity contribution is -0.143. The lowest BCUT2D eigenvalue weighted by atomic mass is 9.94. The van der Waals surface area contributed by atoms with Crippen molar-refractivity contribution in [1.29, 1.82) is 0 Å². The van der Waals surface area contributed by atoms with Crippen LogP contribution in [0, 0.1) is 0 Å². The van der Waals surface area contributed by atoms with Crippen molar-refractivity contribution in [3.63, 3.8) is 0 Å². The third-order valence-electron chi connectivity index (χ3n) is 5.23. The summed E-state index contributed by atoms with van der Waals surface area (Å²) in [6, 6.07) is 6.25. The number of carbonyl (C=O) groups excluding carboxylic acids is 2. The standard InChI is InChI=1S/C22H27ClN2O4S/c1-13(2)28-20(26)18-14(3)24-21(30)25(19(18)16-11-7-8-12-17(16)23)22(27)29-15-9-5-4-6-10-15/h7-8,11-13,15,19H,4-6,9-10H2,1-3H3,(H,24,30). The zero-order chi connectivity index (χ0) is 21.8. The van der Waals surface area contributed by atoms with Crippen LogP contribution in [0.3, 0.4) is 0 Å². The molecule has 1 N–H and O–H groups in total. The van der Waals surface area contributed by atoms with E-state index in [1.807, 2.05) is 0 Å². The van der Waals surface area contributed by atoms with E-state index >= 15 is 0 Å². The molecule has 1 unspecified atom stereocenters. The Hall–Kier alpha value is -2.12. The van der Waals surface area contributed by atoms with Crippen molar-refractivity contribution in [1.82, 2.24) is 10.2 Å². The van der Waals surface area contributed by atoms with Crippen molar-refractivity contribution in [3.8, 4) is 0 Å². The molecule has 3 rings (SSSR count). The lowest BCUT2D eigenvalue weighted by Gasteiger charge is -2.38. The first-order chi connectivity index (χ1) is 14.3. The summed E-state index contributed by atoms with van der Waals surface area (Å²) in [5, 5.41) is 3.55. The highest BCUT2D eigenvalue weighted by molar-refractivity contribution is 7.80. The molecule has 6 nitrogen and oxygen atoms in total. The highest BCUT2D eigenvalue weighted by Crippen LogP contribution is 2.38. The molecule has 1 fully saturated rings. The molecule has 1 aromatic carbocycles. The second-order valence-corrected chi connectivity index (χ2v) is 8.65. The van der Waals surface area contributed by atoms with E-state index in [1.165, 1.54) is 4.90 Å². The molecule has 162 valence electrons. The van der Waals surface area contributed by atoms with E-state index in [1.54, 1.807) is 45.0 Å². The zero-order valence-corrected chi connectivity index (χ0v) is 19.0. The first kappa shape index (κ1) is 22.6. The Balaban J connectivity index is 2.02. The Labute approximate surface area is 187 Å². The van der Waals surface area contributed by atoms with Gasteiger partial charge in [0.05, 0.1) is 11.7 Å². The van der Waals surface area contributed by atoms with Crippen molar-refractivity contribution < 1.29 is 19.1 Å². The van der Waals surface area contributed by atoms with Gasteiger partial charge < -0.3 is 14.8 Å². The molecule has 1 amide bonds. The summed E-state index contributed by atoms with van der Waals surface area (Å²) in [7, 11) is 0. The maximum atomic E-state index is 13.2. The largest absolute Gasteiger partial charge is 0.459 e. The fourth-order valence-corrected chi connectivity index (χ4v) is 4.42. The van der Waals surface area contributed by atoms with Crippen LogP contribution < -0.4 is 5.32 Å². The number of esters is 1. The van der Waals surface area contributed by atoms with Crippen molar-refractivity contribution >= 4 is 41.0 Å². The van der Waals surface area contributed by atoms with Gasteiger partial charge in [0, 0.05) is 10.7 Å². The fraction of sp³-hybridized carbons (Fsp3) is 0.500. The van der Waals surface area contributed by atoms with E-state index in [9.17, 15) is 9.59 Å². The molecule has 1 aromatic rings. The quantitative estimate of drug-likeness (QED) is 0.498.